The normalized spacial score (nSPS) is 12.7. The van der Waals surface area contributed by atoms with Crippen LogP contribution in [0.15, 0.2) is 77.0 Å². The monoisotopic (exact) mass is 853 g/mol. The van der Waals surface area contributed by atoms with E-state index >= 15 is 0 Å². The summed E-state index contributed by atoms with van der Waals surface area (Å²) >= 11 is 1.79. The maximum Gasteiger partial charge on any atom is 0.164 e. The summed E-state index contributed by atoms with van der Waals surface area (Å²) in [6.07, 6.45) is 6.67. The minimum absolute atomic E-state index is 0. The number of benzene rings is 3. The van der Waals surface area contributed by atoms with E-state index in [9.17, 15) is 9.90 Å². The number of furan rings is 1. The topological polar surface area (TPSA) is 63.3 Å². The van der Waals surface area contributed by atoms with Crippen LogP contribution in [0.4, 0.5) is 0 Å². The summed E-state index contributed by atoms with van der Waals surface area (Å²) < 4.78 is 8.34. The van der Waals surface area contributed by atoms with E-state index in [2.05, 4.69) is 81.4 Å². The molecule has 6 heteroatoms. The molecule has 0 amide bonds. The zero-order valence-corrected chi connectivity index (χ0v) is 33.8. The van der Waals surface area contributed by atoms with Gasteiger partial charge in [0.15, 0.2) is 5.78 Å². The van der Waals surface area contributed by atoms with Gasteiger partial charge in [-0.15, -0.1) is 40.5 Å². The van der Waals surface area contributed by atoms with Crippen LogP contribution in [0, 0.1) is 23.8 Å². The first-order chi connectivity index (χ1) is 22.7. The van der Waals surface area contributed by atoms with Crippen LogP contribution in [0.1, 0.15) is 99.3 Å². The first-order valence-electron chi connectivity index (χ1n) is 17.3. The molecule has 261 valence electrons. The van der Waals surface area contributed by atoms with Crippen LogP contribution < -0.4 is 0 Å². The number of hydrogen-bond acceptors (Lipinski definition) is 5. The smallest absolute Gasteiger partial charge is 0.164 e. The zero-order valence-electron chi connectivity index (χ0n) is 30.6. The number of ketones is 1. The molecule has 3 aromatic heterocycles. The Morgan fingerprint density at radius 1 is 0.878 bits per heavy atom. The number of rotatable bonds is 8. The number of carbonyl (C=O) groups is 1. The molecule has 4 nitrogen and oxygen atoms in total. The van der Waals surface area contributed by atoms with Crippen LogP contribution in [0.25, 0.3) is 53.2 Å². The van der Waals surface area contributed by atoms with Crippen molar-refractivity contribution in [2.24, 2.45) is 10.8 Å². The predicted octanol–water partition coefficient (Wildman–Crippen LogP) is 13.1. The fraction of sp³-hybridized carbons (Fsp3) is 0.395. The standard InChI is InChI=1S/C28H22NOS.C15H28O2.Ir/c1-16-11-18-13-21-25(15-23(18)30-16)31-24-9-10-29-27(26(21)24)19-12-17-7-5-6-8-20(17)22(14-19)28(2,3)4;1-7-14(5,8-2)12(16)11-13(17)15(6,9-3)10-4;/h5-11,13-15H,1-4H3;11,16H,7-10H2,1-6H3;/q-1;;/b;12-11-;. The number of hydrogen-bond donors (Lipinski definition) is 1. The molecule has 0 saturated carbocycles. The number of nitrogens with zero attached hydrogens (tertiary/aromatic N) is 1. The van der Waals surface area contributed by atoms with Crippen molar-refractivity contribution in [2.75, 3.05) is 0 Å². The number of aliphatic hydroxyl groups is 1. The van der Waals surface area contributed by atoms with Gasteiger partial charge in [0.2, 0.25) is 0 Å². The predicted molar refractivity (Wildman–Crippen MR) is 205 cm³/mol. The third kappa shape index (κ3) is 7.57. The van der Waals surface area contributed by atoms with Crippen molar-refractivity contribution in [3.63, 3.8) is 0 Å². The average Bonchev–Trinajstić information content (AvgIpc) is 3.63. The molecule has 3 heterocycles. The molecule has 1 radical (unpaired) electrons. The van der Waals surface area contributed by atoms with Gasteiger partial charge in [-0.2, -0.15) is 0 Å². The quantitative estimate of drug-likeness (QED) is 0.0941. The number of pyridine rings is 1. The van der Waals surface area contributed by atoms with Crippen molar-refractivity contribution >= 4 is 59.0 Å². The maximum atomic E-state index is 12.2. The van der Waals surface area contributed by atoms with Gasteiger partial charge in [-0.3, -0.25) is 9.78 Å². The van der Waals surface area contributed by atoms with Gasteiger partial charge in [0.1, 0.15) is 17.1 Å². The largest absolute Gasteiger partial charge is 0.512 e. The molecule has 0 aliphatic rings. The van der Waals surface area contributed by atoms with E-state index in [0.717, 1.165) is 59.1 Å². The Balaban J connectivity index is 0.000000260. The summed E-state index contributed by atoms with van der Waals surface area (Å²) in [5.74, 6) is 1.22. The number of allylic oxidation sites excluding steroid dienone is 2. The third-order valence-electron chi connectivity index (χ3n) is 10.6. The van der Waals surface area contributed by atoms with Crippen molar-refractivity contribution < 1.29 is 34.4 Å². The van der Waals surface area contributed by atoms with Crippen molar-refractivity contribution in [2.45, 2.75) is 100 Å². The second-order valence-electron chi connectivity index (χ2n) is 14.7. The van der Waals surface area contributed by atoms with Crippen LogP contribution in [-0.4, -0.2) is 15.9 Å². The molecule has 0 saturated heterocycles. The van der Waals surface area contributed by atoms with Crippen LogP contribution >= 0.6 is 11.3 Å². The van der Waals surface area contributed by atoms with Gasteiger partial charge in [-0.1, -0.05) is 91.5 Å². The Morgan fingerprint density at radius 2 is 1.53 bits per heavy atom. The van der Waals surface area contributed by atoms with Gasteiger partial charge >= 0.3 is 0 Å². The number of carbonyl (C=O) groups excluding carboxylic acids is 1. The van der Waals surface area contributed by atoms with E-state index in [1.165, 1.54) is 37.2 Å². The summed E-state index contributed by atoms with van der Waals surface area (Å²) in [6.45, 7) is 20.9. The molecule has 0 spiro atoms. The second kappa shape index (κ2) is 14.9. The van der Waals surface area contributed by atoms with E-state index in [1.54, 1.807) is 11.3 Å². The minimum Gasteiger partial charge on any atom is -0.512 e. The summed E-state index contributed by atoms with van der Waals surface area (Å²) in [5, 5.41) is 16.1. The van der Waals surface area contributed by atoms with Crippen molar-refractivity contribution in [1.29, 1.82) is 0 Å². The molecule has 0 unspecified atom stereocenters. The number of aryl methyl sites for hydroxylation is 1. The van der Waals surface area contributed by atoms with Crippen molar-refractivity contribution in [3.05, 3.63) is 90.0 Å². The Labute approximate surface area is 309 Å². The number of aromatic nitrogens is 1. The van der Waals surface area contributed by atoms with E-state index in [0.29, 0.717) is 0 Å². The minimum atomic E-state index is -0.337. The van der Waals surface area contributed by atoms with Crippen molar-refractivity contribution in [3.8, 4) is 11.3 Å². The van der Waals surface area contributed by atoms with Gasteiger partial charge in [0.25, 0.3) is 0 Å². The summed E-state index contributed by atoms with van der Waals surface area (Å²) in [6, 6.07) is 23.1. The van der Waals surface area contributed by atoms with Gasteiger partial charge in [-0.05, 0) is 73.1 Å². The fourth-order valence-electron chi connectivity index (χ4n) is 6.25. The number of aliphatic hydroxyl groups excluding tert-OH is 1. The van der Waals surface area contributed by atoms with Crippen LogP contribution in [0.5, 0.6) is 0 Å². The van der Waals surface area contributed by atoms with Gasteiger partial charge in [-0.25, -0.2) is 0 Å². The molecule has 0 aliphatic heterocycles. The summed E-state index contributed by atoms with van der Waals surface area (Å²) in [7, 11) is 0. The molecule has 0 atom stereocenters. The van der Waals surface area contributed by atoms with Gasteiger partial charge in [0.05, 0.1) is 0 Å². The average molecular weight is 853 g/mol. The molecule has 0 fully saturated rings. The van der Waals surface area contributed by atoms with Crippen LogP contribution in [-0.2, 0) is 30.3 Å². The van der Waals surface area contributed by atoms with Gasteiger partial charge < -0.3 is 9.52 Å². The first kappa shape index (κ1) is 38.5. The summed E-state index contributed by atoms with van der Waals surface area (Å²) in [5.41, 5.74) is 3.74. The molecular formula is C43H50IrNO3S-. The molecule has 1 N–H and O–H groups in total. The Hall–Kier alpha value is -3.31. The molecule has 0 bridgehead atoms. The Bertz CT molecular complexity index is 2140. The molecule has 3 aromatic carbocycles. The molecule has 0 aliphatic carbocycles. The molecule has 6 aromatic rings. The van der Waals surface area contributed by atoms with Crippen LogP contribution in [0.3, 0.4) is 0 Å². The van der Waals surface area contributed by atoms with E-state index < -0.39 is 0 Å². The SMILES string of the molecule is CCC(C)(CC)C(=O)/C=C(\O)C(C)(CC)CC.Cc1cc2cc3c(cc2o1)sc1ccnc(-c2[c-]c4ccccc4c(C(C)(C)C)c2)c13.[Ir]. The third-order valence-corrected chi connectivity index (χ3v) is 11.7. The molecule has 49 heavy (non-hydrogen) atoms. The second-order valence-corrected chi connectivity index (χ2v) is 15.8. The van der Waals surface area contributed by atoms with Crippen LogP contribution in [0.2, 0.25) is 0 Å². The van der Waals surface area contributed by atoms with E-state index in [4.69, 9.17) is 9.40 Å². The Morgan fingerprint density at radius 3 is 2.16 bits per heavy atom. The Kier molecular flexibility index (Phi) is 11.7. The summed E-state index contributed by atoms with van der Waals surface area (Å²) in [4.78, 5) is 17.0. The van der Waals surface area contributed by atoms with E-state index in [1.807, 2.05) is 54.7 Å². The number of thiophene rings is 1. The molecular weight excluding hydrogens is 803 g/mol. The van der Waals surface area contributed by atoms with Gasteiger partial charge in [0, 0.05) is 63.7 Å². The van der Waals surface area contributed by atoms with Crippen molar-refractivity contribution in [1.82, 2.24) is 4.98 Å². The maximum absolute atomic E-state index is 12.2. The van der Waals surface area contributed by atoms with E-state index in [-0.39, 0.29) is 47.9 Å². The first-order valence-corrected chi connectivity index (χ1v) is 18.1. The number of fused-ring (bicyclic) bond motifs is 5. The zero-order chi connectivity index (χ0) is 35.0. The molecule has 6 rings (SSSR count). The fourth-order valence-corrected chi connectivity index (χ4v) is 7.37.